The topological polar surface area (TPSA) is 67.2 Å². The maximum atomic E-state index is 13.3. The van der Waals surface area contributed by atoms with Crippen LogP contribution in [0.4, 0.5) is 0 Å². The van der Waals surface area contributed by atoms with E-state index in [1.807, 2.05) is 25.1 Å². The number of imidazole rings is 1. The Bertz CT molecular complexity index is 1590. The van der Waals surface area contributed by atoms with E-state index in [0.717, 1.165) is 42.7 Å². The number of nitrogens with zero attached hydrogens (tertiary/aromatic N) is 3. The first-order chi connectivity index (χ1) is 19.2. The number of hydrogen-bond acceptors (Lipinski definition) is 4. The third-order valence-corrected chi connectivity index (χ3v) is 11.0. The van der Waals surface area contributed by atoms with Crippen molar-refractivity contribution in [3.63, 3.8) is 0 Å². The van der Waals surface area contributed by atoms with E-state index in [1.165, 1.54) is 23.9 Å². The average Bonchev–Trinajstić information content (AvgIpc) is 3.42. The fourth-order valence-electron chi connectivity index (χ4n) is 7.19. The molecule has 6 nitrogen and oxygen atoms in total. The van der Waals surface area contributed by atoms with Crippen molar-refractivity contribution in [2.75, 3.05) is 13.1 Å². The highest BCUT2D eigenvalue weighted by Crippen LogP contribution is 2.43. The highest BCUT2D eigenvalue weighted by Gasteiger charge is 2.42. The molecule has 40 heavy (non-hydrogen) atoms. The first-order valence-electron chi connectivity index (χ1n) is 14.6. The Morgan fingerprint density at radius 2 is 1.52 bits per heavy atom. The first-order valence-corrected chi connectivity index (χ1v) is 16.0. The first kappa shape index (κ1) is 27.2. The van der Waals surface area contributed by atoms with Gasteiger partial charge in [0.1, 0.15) is 5.82 Å². The van der Waals surface area contributed by atoms with Crippen LogP contribution in [0.3, 0.4) is 0 Å². The third-order valence-electron chi connectivity index (χ3n) is 9.42. The Kier molecular flexibility index (Phi) is 7.32. The lowest BCUT2D eigenvalue weighted by molar-refractivity contribution is 0.0984. The van der Waals surface area contributed by atoms with Crippen LogP contribution in [0.5, 0.6) is 0 Å². The van der Waals surface area contributed by atoms with Crippen molar-refractivity contribution >= 4 is 21.1 Å². The molecule has 1 aromatic heterocycles. The average molecular weight is 557 g/mol. The van der Waals surface area contributed by atoms with E-state index in [9.17, 15) is 8.42 Å². The number of benzene rings is 3. The lowest BCUT2D eigenvalue weighted by Gasteiger charge is -2.42. The number of aromatic nitrogens is 2. The number of sulfonamides is 1. The summed E-state index contributed by atoms with van der Waals surface area (Å²) in [6, 6.07) is 27.6. The quantitative estimate of drug-likeness (QED) is 0.269. The third kappa shape index (κ3) is 5.11. The van der Waals surface area contributed by atoms with Gasteiger partial charge in [0.05, 0.1) is 15.9 Å². The predicted molar refractivity (Wildman–Crippen MR) is 161 cm³/mol. The molecule has 0 saturated carbocycles. The Morgan fingerprint density at radius 3 is 2.25 bits per heavy atom. The zero-order valence-electron chi connectivity index (χ0n) is 23.8. The van der Waals surface area contributed by atoms with Crippen molar-refractivity contribution in [1.82, 2.24) is 19.2 Å². The van der Waals surface area contributed by atoms with Gasteiger partial charge < -0.3 is 4.57 Å². The predicted octanol–water partition coefficient (Wildman–Crippen LogP) is 6.15. The summed E-state index contributed by atoms with van der Waals surface area (Å²) in [6.45, 7) is 7.51. The van der Waals surface area contributed by atoms with Crippen LogP contribution in [0.1, 0.15) is 62.0 Å². The van der Waals surface area contributed by atoms with Gasteiger partial charge in [0.15, 0.2) is 0 Å². The van der Waals surface area contributed by atoms with Crippen molar-refractivity contribution in [1.29, 1.82) is 0 Å². The van der Waals surface area contributed by atoms with Gasteiger partial charge in [-0.1, -0.05) is 67.6 Å². The molecule has 2 bridgehead atoms. The van der Waals surface area contributed by atoms with Gasteiger partial charge in [0, 0.05) is 30.1 Å². The van der Waals surface area contributed by atoms with E-state index in [0.29, 0.717) is 29.6 Å². The monoisotopic (exact) mass is 556 g/mol. The van der Waals surface area contributed by atoms with Crippen LogP contribution in [0.25, 0.3) is 11.0 Å². The minimum Gasteiger partial charge on any atom is -0.325 e. The Morgan fingerprint density at radius 1 is 0.875 bits per heavy atom. The maximum Gasteiger partial charge on any atom is 0.240 e. The minimum absolute atomic E-state index is 0.329. The number of piperidine rings is 1. The SMILES string of the molecule is Cc1ccccc1S(=O)(=O)NCC(C)(CCN1[C@@H]2CC[C@H]1CC(n1c(C)nc3ccccc31)C2)c1ccccc1. The number of aryl methyl sites for hydroxylation is 2. The summed E-state index contributed by atoms with van der Waals surface area (Å²) in [7, 11) is -3.61. The molecular weight excluding hydrogens is 516 g/mol. The standard InChI is InChI=1S/C33H40N4O2S/c1-24-11-7-10-16-32(24)40(38,39)34-23-33(3,26-12-5-4-6-13-26)19-20-36-27-17-18-28(36)22-29(21-27)37-25(2)35-30-14-8-9-15-31(30)37/h4-16,27-29,34H,17-23H2,1-3H3/t27-,28+,29?,33?. The number of rotatable bonds is 9. The molecule has 3 heterocycles. The molecule has 4 aromatic rings. The van der Waals surface area contributed by atoms with E-state index < -0.39 is 10.0 Å². The van der Waals surface area contributed by atoms with E-state index in [1.54, 1.807) is 12.1 Å². The molecular formula is C33H40N4O2S. The molecule has 0 spiro atoms. The Hall–Kier alpha value is -3.00. The number of para-hydroxylation sites is 2. The van der Waals surface area contributed by atoms with E-state index >= 15 is 0 Å². The molecule has 2 unspecified atom stereocenters. The molecule has 2 aliphatic heterocycles. The molecule has 0 aliphatic carbocycles. The molecule has 1 N–H and O–H groups in total. The summed E-state index contributed by atoms with van der Waals surface area (Å²) in [4.78, 5) is 7.92. The highest BCUT2D eigenvalue weighted by atomic mass is 32.2. The second-order valence-corrected chi connectivity index (χ2v) is 13.8. The molecule has 2 saturated heterocycles. The van der Waals surface area contributed by atoms with Crippen LogP contribution >= 0.6 is 0 Å². The van der Waals surface area contributed by atoms with Crippen LogP contribution < -0.4 is 4.72 Å². The molecule has 7 heteroatoms. The Labute approximate surface area is 238 Å². The van der Waals surface area contributed by atoms with Gasteiger partial charge in [-0.2, -0.15) is 0 Å². The molecule has 0 amide bonds. The van der Waals surface area contributed by atoms with Crippen LogP contribution in [0.15, 0.2) is 83.8 Å². The molecule has 210 valence electrons. The molecule has 2 aliphatic rings. The lowest BCUT2D eigenvalue weighted by Crippen LogP contribution is -2.47. The number of fused-ring (bicyclic) bond motifs is 3. The van der Waals surface area contributed by atoms with E-state index in [4.69, 9.17) is 4.98 Å². The van der Waals surface area contributed by atoms with Gasteiger partial charge in [0.25, 0.3) is 0 Å². The van der Waals surface area contributed by atoms with Crippen LogP contribution in [0.2, 0.25) is 0 Å². The van der Waals surface area contributed by atoms with Crippen molar-refractivity contribution in [3.8, 4) is 0 Å². The van der Waals surface area contributed by atoms with Crippen LogP contribution in [-0.4, -0.2) is 48.0 Å². The van der Waals surface area contributed by atoms with E-state index in [-0.39, 0.29) is 5.41 Å². The van der Waals surface area contributed by atoms with Gasteiger partial charge in [0.2, 0.25) is 10.0 Å². The van der Waals surface area contributed by atoms with Crippen molar-refractivity contribution in [2.45, 2.75) is 81.3 Å². The summed E-state index contributed by atoms with van der Waals surface area (Å²) in [5, 5.41) is 0. The second-order valence-electron chi connectivity index (χ2n) is 12.0. The van der Waals surface area contributed by atoms with Crippen molar-refractivity contribution in [2.24, 2.45) is 0 Å². The second kappa shape index (κ2) is 10.8. The minimum atomic E-state index is -3.61. The number of hydrogen-bond donors (Lipinski definition) is 1. The summed E-state index contributed by atoms with van der Waals surface area (Å²) < 4.78 is 32.0. The summed E-state index contributed by atoms with van der Waals surface area (Å²) in [5.41, 5.74) is 3.93. The number of nitrogens with one attached hydrogen (secondary N) is 1. The molecule has 4 atom stereocenters. The maximum absolute atomic E-state index is 13.3. The van der Waals surface area contributed by atoms with Gasteiger partial charge in [-0.15, -0.1) is 0 Å². The molecule has 6 rings (SSSR count). The zero-order chi connectivity index (χ0) is 27.9. The van der Waals surface area contributed by atoms with Gasteiger partial charge in [-0.3, -0.25) is 4.90 Å². The van der Waals surface area contributed by atoms with Crippen molar-refractivity contribution < 1.29 is 8.42 Å². The molecule has 2 fully saturated rings. The zero-order valence-corrected chi connectivity index (χ0v) is 24.6. The molecule has 0 radical (unpaired) electrons. The Balaban J connectivity index is 1.19. The van der Waals surface area contributed by atoms with Crippen LogP contribution in [-0.2, 0) is 15.4 Å². The largest absolute Gasteiger partial charge is 0.325 e. The fourth-order valence-corrected chi connectivity index (χ4v) is 8.60. The summed E-state index contributed by atoms with van der Waals surface area (Å²) in [6.07, 6.45) is 5.63. The van der Waals surface area contributed by atoms with Crippen LogP contribution in [0, 0.1) is 13.8 Å². The van der Waals surface area contributed by atoms with Gasteiger partial charge in [-0.25, -0.2) is 18.1 Å². The molecule has 3 aromatic carbocycles. The summed E-state index contributed by atoms with van der Waals surface area (Å²) >= 11 is 0. The van der Waals surface area contributed by atoms with E-state index in [2.05, 4.69) is 76.6 Å². The van der Waals surface area contributed by atoms with Crippen molar-refractivity contribution in [3.05, 3.63) is 95.8 Å². The van der Waals surface area contributed by atoms with Gasteiger partial charge >= 0.3 is 0 Å². The smallest absolute Gasteiger partial charge is 0.240 e. The van der Waals surface area contributed by atoms with Gasteiger partial charge in [-0.05, 0) is 81.8 Å². The summed E-state index contributed by atoms with van der Waals surface area (Å²) in [5.74, 6) is 1.11. The highest BCUT2D eigenvalue weighted by molar-refractivity contribution is 7.89. The normalized spacial score (nSPS) is 22.9. The lowest BCUT2D eigenvalue weighted by atomic mass is 9.79. The fraction of sp³-hybridized carbons (Fsp3) is 0.424.